The van der Waals surface area contributed by atoms with Crippen molar-refractivity contribution in [2.24, 2.45) is 11.8 Å². The highest BCUT2D eigenvalue weighted by Crippen LogP contribution is 2.36. The summed E-state index contributed by atoms with van der Waals surface area (Å²) in [5, 5.41) is 12.5. The summed E-state index contributed by atoms with van der Waals surface area (Å²) in [6, 6.07) is 7.13. The average Bonchev–Trinajstić information content (AvgIpc) is 3.56. The van der Waals surface area contributed by atoms with Crippen molar-refractivity contribution in [2.75, 3.05) is 5.01 Å². The number of hydrogen-bond acceptors (Lipinski definition) is 5. The van der Waals surface area contributed by atoms with E-state index in [1.807, 2.05) is 19.1 Å². The molecule has 1 saturated carbocycles. The van der Waals surface area contributed by atoms with E-state index in [0.29, 0.717) is 30.1 Å². The van der Waals surface area contributed by atoms with E-state index in [-0.39, 0.29) is 36.1 Å². The number of carbonyl (C=O) groups is 3. The lowest BCUT2D eigenvalue weighted by Crippen LogP contribution is -2.59. The molecule has 1 aromatic carbocycles. The van der Waals surface area contributed by atoms with E-state index in [2.05, 4.69) is 25.5 Å². The maximum Gasteiger partial charge on any atom is 0.251 e. The molecule has 1 aromatic heterocycles. The smallest absolute Gasteiger partial charge is 0.251 e. The molecule has 9 nitrogen and oxygen atoms in total. The van der Waals surface area contributed by atoms with Crippen LogP contribution in [0.2, 0.25) is 0 Å². The van der Waals surface area contributed by atoms with Crippen LogP contribution in [0.5, 0.6) is 0 Å². The number of aryl methyl sites for hydroxylation is 1. The highest BCUT2D eigenvalue weighted by atomic mass is 16.2. The third-order valence-corrected chi connectivity index (χ3v) is 6.15. The minimum Gasteiger partial charge on any atom is -0.345 e. The Hall–Kier alpha value is -3.49. The van der Waals surface area contributed by atoms with Gasteiger partial charge in [0, 0.05) is 11.6 Å². The van der Waals surface area contributed by atoms with Crippen molar-refractivity contribution >= 4 is 23.4 Å². The molecular formula is C22H24N6O3. The molecular weight excluding hydrogens is 396 g/mol. The van der Waals surface area contributed by atoms with Crippen LogP contribution in [0.4, 0.5) is 5.69 Å². The Kier molecular flexibility index (Phi) is 4.80. The first-order valence-electron chi connectivity index (χ1n) is 10.6. The molecule has 9 heteroatoms. The number of fused-ring (bicyclic) bond motifs is 1. The standard InChI is InChI=1S/C22H24N6O3/c1-13-24-25-19(27(13)15-9-10-15)12-23-20(29)14-5-4-6-16(11-14)28-22(31)18-8-3-2-7-17(18)21(30)26-28/h2-6,11,15,17-18H,7-10,12H2,1H3,(H,23,29)(H,26,30)/t17-,18+/m1/s1. The van der Waals surface area contributed by atoms with E-state index in [9.17, 15) is 14.4 Å². The molecule has 0 unspecified atom stereocenters. The van der Waals surface area contributed by atoms with Crippen molar-refractivity contribution in [1.29, 1.82) is 0 Å². The molecule has 1 aliphatic heterocycles. The largest absolute Gasteiger partial charge is 0.345 e. The van der Waals surface area contributed by atoms with Crippen LogP contribution in [0.3, 0.4) is 0 Å². The number of carbonyl (C=O) groups excluding carboxylic acids is 3. The average molecular weight is 420 g/mol. The summed E-state index contributed by atoms with van der Waals surface area (Å²) >= 11 is 0. The monoisotopic (exact) mass is 420 g/mol. The van der Waals surface area contributed by atoms with Gasteiger partial charge in [0.2, 0.25) is 11.8 Å². The van der Waals surface area contributed by atoms with Crippen molar-refractivity contribution in [3.05, 3.63) is 53.6 Å². The zero-order chi connectivity index (χ0) is 21.5. The van der Waals surface area contributed by atoms with Crippen LogP contribution >= 0.6 is 0 Å². The molecule has 2 heterocycles. The number of nitrogens with zero attached hydrogens (tertiary/aromatic N) is 4. The van der Waals surface area contributed by atoms with E-state index in [4.69, 9.17) is 0 Å². The molecule has 2 N–H and O–H groups in total. The number of nitrogens with one attached hydrogen (secondary N) is 2. The topological polar surface area (TPSA) is 109 Å². The van der Waals surface area contributed by atoms with E-state index >= 15 is 0 Å². The Morgan fingerprint density at radius 3 is 2.71 bits per heavy atom. The Bertz CT molecular complexity index is 1090. The number of rotatable bonds is 5. The molecule has 5 rings (SSSR count). The fourth-order valence-corrected chi connectivity index (χ4v) is 4.37. The number of hydrogen-bond donors (Lipinski definition) is 2. The summed E-state index contributed by atoms with van der Waals surface area (Å²) in [6.07, 6.45) is 7.23. The zero-order valence-electron chi connectivity index (χ0n) is 17.2. The van der Waals surface area contributed by atoms with Gasteiger partial charge in [0.1, 0.15) is 5.82 Å². The van der Waals surface area contributed by atoms with Gasteiger partial charge in [-0.2, -0.15) is 0 Å². The molecule has 0 spiro atoms. The number of anilines is 1. The Morgan fingerprint density at radius 1 is 1.16 bits per heavy atom. The molecule has 31 heavy (non-hydrogen) atoms. The number of aromatic nitrogens is 3. The number of amides is 3. The van der Waals surface area contributed by atoms with Gasteiger partial charge >= 0.3 is 0 Å². The Balaban J connectivity index is 1.31. The van der Waals surface area contributed by atoms with Crippen molar-refractivity contribution in [3.8, 4) is 0 Å². The van der Waals surface area contributed by atoms with Gasteiger partial charge in [0.15, 0.2) is 5.82 Å². The summed E-state index contributed by atoms with van der Waals surface area (Å²) < 4.78 is 2.08. The summed E-state index contributed by atoms with van der Waals surface area (Å²) in [5.41, 5.74) is 3.56. The summed E-state index contributed by atoms with van der Waals surface area (Å²) in [4.78, 5) is 38.2. The zero-order valence-corrected chi connectivity index (χ0v) is 17.2. The predicted molar refractivity (Wildman–Crippen MR) is 112 cm³/mol. The number of benzene rings is 1. The van der Waals surface area contributed by atoms with Crippen LogP contribution in [0.15, 0.2) is 36.4 Å². The molecule has 2 fully saturated rings. The van der Waals surface area contributed by atoms with Crippen molar-refractivity contribution in [3.63, 3.8) is 0 Å². The fraction of sp³-hybridized carbons (Fsp3) is 0.409. The normalized spacial score (nSPS) is 22.8. The fourth-order valence-electron chi connectivity index (χ4n) is 4.37. The maximum absolute atomic E-state index is 13.0. The van der Waals surface area contributed by atoms with E-state index < -0.39 is 0 Å². The van der Waals surface area contributed by atoms with Gasteiger partial charge in [-0.3, -0.25) is 19.8 Å². The third-order valence-electron chi connectivity index (χ3n) is 6.15. The number of hydrazine groups is 1. The first kappa shape index (κ1) is 19.5. The van der Waals surface area contributed by atoms with Gasteiger partial charge in [0.05, 0.1) is 24.1 Å². The van der Waals surface area contributed by atoms with E-state index in [1.54, 1.807) is 24.3 Å². The van der Waals surface area contributed by atoms with Gasteiger partial charge in [-0.25, -0.2) is 5.01 Å². The first-order valence-corrected chi connectivity index (χ1v) is 10.6. The van der Waals surface area contributed by atoms with Gasteiger partial charge < -0.3 is 9.88 Å². The quantitative estimate of drug-likeness (QED) is 0.717. The molecule has 0 radical (unpaired) electrons. The van der Waals surface area contributed by atoms with Crippen molar-refractivity contribution in [2.45, 2.75) is 45.2 Å². The second kappa shape index (κ2) is 7.64. The van der Waals surface area contributed by atoms with Gasteiger partial charge in [0.25, 0.3) is 5.91 Å². The van der Waals surface area contributed by atoms with E-state index in [1.165, 1.54) is 5.01 Å². The van der Waals surface area contributed by atoms with Crippen LogP contribution in [-0.2, 0) is 16.1 Å². The minimum absolute atomic E-state index is 0.153. The lowest BCUT2D eigenvalue weighted by molar-refractivity contribution is -0.139. The lowest BCUT2D eigenvalue weighted by atomic mass is 9.80. The van der Waals surface area contributed by atoms with Gasteiger partial charge in [-0.05, 0) is 50.8 Å². The second-order valence-electron chi connectivity index (χ2n) is 8.30. The van der Waals surface area contributed by atoms with Crippen LogP contribution in [0, 0.1) is 18.8 Å². The van der Waals surface area contributed by atoms with Crippen LogP contribution in [-0.4, -0.2) is 32.5 Å². The summed E-state index contributed by atoms with van der Waals surface area (Å²) in [7, 11) is 0. The second-order valence-corrected chi connectivity index (χ2v) is 8.30. The molecule has 3 aliphatic rings. The van der Waals surface area contributed by atoms with E-state index in [0.717, 1.165) is 24.5 Å². The molecule has 3 amide bonds. The molecule has 1 saturated heterocycles. The highest BCUT2D eigenvalue weighted by Gasteiger charge is 2.42. The molecule has 2 atom stereocenters. The number of allylic oxidation sites excluding steroid dienone is 2. The molecule has 2 aromatic rings. The van der Waals surface area contributed by atoms with Gasteiger partial charge in [-0.1, -0.05) is 18.2 Å². The van der Waals surface area contributed by atoms with Gasteiger partial charge in [-0.15, -0.1) is 10.2 Å². The first-order chi connectivity index (χ1) is 15.0. The predicted octanol–water partition coefficient (Wildman–Crippen LogP) is 1.81. The Morgan fingerprint density at radius 2 is 1.94 bits per heavy atom. The molecule has 160 valence electrons. The van der Waals surface area contributed by atoms with Crippen molar-refractivity contribution < 1.29 is 14.4 Å². The minimum atomic E-state index is -0.367. The van der Waals surface area contributed by atoms with Crippen LogP contribution < -0.4 is 15.8 Å². The summed E-state index contributed by atoms with van der Waals surface area (Å²) in [6.45, 7) is 2.19. The summed E-state index contributed by atoms with van der Waals surface area (Å²) in [5.74, 6) is 0.293. The Labute approximate surface area is 179 Å². The van der Waals surface area contributed by atoms with Crippen LogP contribution in [0.25, 0.3) is 0 Å². The molecule has 2 aliphatic carbocycles. The third kappa shape index (κ3) is 3.60. The van der Waals surface area contributed by atoms with Crippen molar-refractivity contribution in [1.82, 2.24) is 25.5 Å². The lowest BCUT2D eigenvalue weighted by Gasteiger charge is -2.38. The molecule has 0 bridgehead atoms. The SMILES string of the molecule is Cc1nnc(CNC(=O)c2cccc(N3NC(=O)[C@@H]4CC=CC[C@@H]4C3=O)c2)n1C1CC1. The highest BCUT2D eigenvalue weighted by molar-refractivity contribution is 6.05. The maximum atomic E-state index is 13.0. The van der Waals surface area contributed by atoms with Crippen LogP contribution in [0.1, 0.15) is 53.7 Å².